The topological polar surface area (TPSA) is 95.8 Å². The fraction of sp³-hybridized carbons (Fsp3) is 0.600. The van der Waals surface area contributed by atoms with Crippen molar-refractivity contribution in [3.63, 3.8) is 0 Å². The molecule has 0 saturated carbocycles. The van der Waals surface area contributed by atoms with E-state index in [0.29, 0.717) is 18.7 Å². The summed E-state index contributed by atoms with van der Waals surface area (Å²) in [6, 6.07) is 5.94. The van der Waals surface area contributed by atoms with Gasteiger partial charge in [-0.2, -0.15) is 8.42 Å². The number of unbranched alkanes of at least 4 members (excludes halogenated alkanes) is 2. The van der Waals surface area contributed by atoms with E-state index in [1.54, 1.807) is 12.1 Å². The van der Waals surface area contributed by atoms with Crippen molar-refractivity contribution >= 4 is 21.7 Å². The van der Waals surface area contributed by atoms with Crippen molar-refractivity contribution in [3.05, 3.63) is 29.8 Å². The van der Waals surface area contributed by atoms with Crippen LogP contribution in [-0.4, -0.2) is 69.3 Å². The molecule has 2 rings (SSSR count). The lowest BCUT2D eigenvalue weighted by molar-refractivity contribution is -0.870. The molecule has 0 fully saturated rings. The van der Waals surface area contributed by atoms with Gasteiger partial charge in [-0.25, -0.2) is 0 Å². The molecule has 1 atom stereocenters. The number of rotatable bonds is 8. The molecule has 7 nitrogen and oxygen atoms in total. The molecule has 0 bridgehead atoms. The molecule has 1 aliphatic heterocycles. The number of amidine groups is 1. The van der Waals surface area contributed by atoms with Gasteiger partial charge in [0.05, 0.1) is 45.0 Å². The molecule has 1 heterocycles. The highest BCUT2D eigenvalue weighted by molar-refractivity contribution is 7.85. The van der Waals surface area contributed by atoms with E-state index in [1.165, 1.54) is 25.1 Å². The Kier molecular flexibility index (Phi) is 9.26. The van der Waals surface area contributed by atoms with E-state index in [1.807, 2.05) is 13.8 Å². The first-order valence-corrected chi connectivity index (χ1v) is 11.0. The second-order valence-electron chi connectivity index (χ2n) is 8.20. The number of carbonyl (C=O) groups is 1. The number of hydrogen-bond acceptors (Lipinski definition) is 5. The van der Waals surface area contributed by atoms with Crippen molar-refractivity contribution in [2.75, 3.05) is 34.2 Å². The smallest absolute Gasteiger partial charge is 0.294 e. The number of aliphatic imine (C=N–C) groups is 1. The Labute approximate surface area is 169 Å². The van der Waals surface area contributed by atoms with Gasteiger partial charge in [0.1, 0.15) is 6.04 Å². The number of Topliss-reactive ketones (excluding diaryl/α,β-unsaturated/α-hetero) is 1. The van der Waals surface area contributed by atoms with Gasteiger partial charge in [0, 0.05) is 6.42 Å². The zero-order chi connectivity index (χ0) is 21.4. The van der Waals surface area contributed by atoms with Crippen LogP contribution in [0.1, 0.15) is 38.2 Å². The Bertz CT molecular complexity index is 766. The largest absolute Gasteiger partial charge is 0.363 e. The maximum atomic E-state index is 11.8. The van der Waals surface area contributed by atoms with Gasteiger partial charge in [-0.1, -0.05) is 17.7 Å². The molecule has 0 radical (unpaired) electrons. The van der Waals surface area contributed by atoms with E-state index in [4.69, 9.17) is 4.55 Å². The van der Waals surface area contributed by atoms with Gasteiger partial charge in [-0.15, -0.1) is 0 Å². The van der Waals surface area contributed by atoms with Crippen molar-refractivity contribution in [1.29, 1.82) is 0 Å². The molecule has 1 aromatic rings. The van der Waals surface area contributed by atoms with Gasteiger partial charge in [-0.3, -0.25) is 14.3 Å². The Morgan fingerprint density at radius 2 is 1.75 bits per heavy atom. The lowest BCUT2D eigenvalue weighted by Gasteiger charge is -2.23. The third-order valence-electron chi connectivity index (χ3n) is 4.35. The number of carbonyl (C=O) groups excluding carboxylic acids is 1. The van der Waals surface area contributed by atoms with Crippen LogP contribution in [0.2, 0.25) is 0 Å². The lowest BCUT2D eigenvalue weighted by atomic mass is 10.1. The van der Waals surface area contributed by atoms with Gasteiger partial charge in [0.15, 0.2) is 5.78 Å². The summed E-state index contributed by atoms with van der Waals surface area (Å²) in [5.74, 6) is 1.21. The van der Waals surface area contributed by atoms with Gasteiger partial charge in [0.25, 0.3) is 10.1 Å². The fourth-order valence-electron chi connectivity index (χ4n) is 2.70. The van der Waals surface area contributed by atoms with Crippen LogP contribution in [0.25, 0.3) is 0 Å². The average Bonchev–Trinajstić information content (AvgIpc) is 3.00. The molecule has 8 heteroatoms. The minimum absolute atomic E-state index is 0.0478. The minimum Gasteiger partial charge on any atom is -0.363 e. The number of benzene rings is 1. The zero-order valence-corrected chi connectivity index (χ0v) is 18.4. The minimum atomic E-state index is -4.02. The normalized spacial score (nSPS) is 16.6. The first-order chi connectivity index (χ1) is 12.9. The zero-order valence-electron chi connectivity index (χ0n) is 17.6. The van der Waals surface area contributed by atoms with Crippen LogP contribution >= 0.6 is 0 Å². The second kappa shape index (κ2) is 10.7. The summed E-state index contributed by atoms with van der Waals surface area (Å²) < 4.78 is 30.6. The van der Waals surface area contributed by atoms with Crippen molar-refractivity contribution in [2.45, 2.75) is 50.5 Å². The monoisotopic (exact) mass is 412 g/mol. The summed E-state index contributed by atoms with van der Waals surface area (Å²) in [5.41, 5.74) is 0.956. The number of nitrogens with one attached hydrogen (secondary N) is 1. The molecule has 0 aliphatic carbocycles. The molecule has 0 amide bonds. The van der Waals surface area contributed by atoms with Crippen LogP contribution in [0.5, 0.6) is 0 Å². The van der Waals surface area contributed by atoms with E-state index in [2.05, 4.69) is 31.5 Å². The van der Waals surface area contributed by atoms with E-state index in [0.717, 1.165) is 28.7 Å². The van der Waals surface area contributed by atoms with E-state index in [-0.39, 0.29) is 10.9 Å². The van der Waals surface area contributed by atoms with Gasteiger partial charge < -0.3 is 9.80 Å². The van der Waals surface area contributed by atoms with Crippen molar-refractivity contribution < 1.29 is 22.2 Å². The third kappa shape index (κ3) is 9.96. The molecule has 28 heavy (non-hydrogen) atoms. The predicted molar refractivity (Wildman–Crippen MR) is 112 cm³/mol. The molecule has 0 aromatic heterocycles. The average molecular weight is 413 g/mol. The first kappa shape index (κ1) is 24.3. The van der Waals surface area contributed by atoms with Crippen molar-refractivity contribution in [1.82, 2.24) is 5.32 Å². The molecule has 2 N–H and O–H groups in total. The van der Waals surface area contributed by atoms with Gasteiger partial charge in [-0.05, 0) is 45.2 Å². The Morgan fingerprint density at radius 1 is 1.14 bits per heavy atom. The maximum Gasteiger partial charge on any atom is 0.294 e. The summed E-state index contributed by atoms with van der Waals surface area (Å²) in [6.07, 6.45) is 4.05. The van der Waals surface area contributed by atoms with Crippen molar-refractivity contribution in [3.8, 4) is 0 Å². The van der Waals surface area contributed by atoms with Crippen LogP contribution < -0.4 is 5.32 Å². The number of ketones is 1. The third-order valence-corrected chi connectivity index (χ3v) is 5.22. The van der Waals surface area contributed by atoms with Gasteiger partial charge in [0.2, 0.25) is 0 Å². The predicted octanol–water partition coefficient (Wildman–Crippen LogP) is 2.45. The molecule has 0 spiro atoms. The summed E-state index contributed by atoms with van der Waals surface area (Å²) in [4.78, 5) is 15.9. The van der Waals surface area contributed by atoms with E-state index < -0.39 is 10.1 Å². The number of hydrogen-bond donors (Lipinski definition) is 2. The molecule has 158 valence electrons. The second-order valence-corrected chi connectivity index (χ2v) is 9.62. The standard InChI is InChI=1S/C13H26N3O.C7H8O3S/c1-11-14-10-12(15-11)13(17)8-6-5-7-9-16(2,3)4;1-6-2-4-7(5-3-6)11(8,9)10/h12H,5-10H2,1-4H3,(H,14,15);2-5H,1H3,(H,8,9,10)/q+1;. The highest BCUT2D eigenvalue weighted by atomic mass is 32.2. The molecule has 0 saturated heterocycles. The van der Waals surface area contributed by atoms with Crippen LogP contribution in [0, 0.1) is 6.92 Å². The highest BCUT2D eigenvalue weighted by Gasteiger charge is 2.21. The lowest BCUT2D eigenvalue weighted by Crippen LogP contribution is -2.36. The first-order valence-electron chi connectivity index (χ1n) is 9.53. The molecule has 1 unspecified atom stereocenters. The quantitative estimate of drug-likeness (QED) is 0.388. The number of nitrogens with zero attached hydrogens (tertiary/aromatic N) is 2. The number of quaternary nitrogens is 1. The van der Waals surface area contributed by atoms with Crippen LogP contribution in [-0.2, 0) is 14.9 Å². The molecule has 1 aliphatic rings. The highest BCUT2D eigenvalue weighted by Crippen LogP contribution is 2.09. The van der Waals surface area contributed by atoms with Crippen LogP contribution in [0.3, 0.4) is 0 Å². The summed E-state index contributed by atoms with van der Waals surface area (Å²) in [7, 11) is 2.59. The Hall–Kier alpha value is -1.77. The summed E-state index contributed by atoms with van der Waals surface area (Å²) in [5, 5.41) is 3.12. The summed E-state index contributed by atoms with van der Waals surface area (Å²) in [6.45, 7) is 5.56. The molecular weight excluding hydrogens is 378 g/mol. The van der Waals surface area contributed by atoms with Crippen LogP contribution in [0.4, 0.5) is 0 Å². The molecule has 1 aromatic carbocycles. The number of aryl methyl sites for hydroxylation is 1. The van der Waals surface area contributed by atoms with Crippen molar-refractivity contribution in [2.24, 2.45) is 4.99 Å². The van der Waals surface area contributed by atoms with E-state index >= 15 is 0 Å². The summed E-state index contributed by atoms with van der Waals surface area (Å²) >= 11 is 0. The molecular formula is C20H34N3O4S+. The maximum absolute atomic E-state index is 11.8. The van der Waals surface area contributed by atoms with E-state index in [9.17, 15) is 13.2 Å². The Balaban J connectivity index is 0.000000307. The SMILES string of the molecule is CC1=NCC(C(=O)CCCCC[N+](C)(C)C)N1.Cc1ccc(S(=O)(=O)O)cc1. The van der Waals surface area contributed by atoms with Gasteiger partial charge >= 0.3 is 0 Å². The fourth-order valence-corrected chi connectivity index (χ4v) is 3.18. The Morgan fingerprint density at radius 3 is 2.21 bits per heavy atom. The van der Waals surface area contributed by atoms with Crippen LogP contribution in [0.15, 0.2) is 34.2 Å².